The zero-order chi connectivity index (χ0) is 21.8. The molecule has 1 saturated heterocycles. The van der Waals surface area contributed by atoms with Crippen molar-refractivity contribution >= 4 is 23.1 Å². The summed E-state index contributed by atoms with van der Waals surface area (Å²) in [5.41, 5.74) is 10.3. The van der Waals surface area contributed by atoms with Gasteiger partial charge < -0.3 is 15.8 Å². The summed E-state index contributed by atoms with van der Waals surface area (Å²) < 4.78 is 7.61. The maximum atomic E-state index is 12.6. The number of nitrogen functional groups attached to an aromatic ring is 1. The highest BCUT2D eigenvalue weighted by molar-refractivity contribution is 6.04. The molecule has 6 rings (SSSR count). The Morgan fingerprint density at radius 1 is 1.12 bits per heavy atom. The summed E-state index contributed by atoms with van der Waals surface area (Å²) in [6.07, 6.45) is 5.30. The van der Waals surface area contributed by atoms with E-state index in [-0.39, 0.29) is 5.91 Å². The molecule has 32 heavy (non-hydrogen) atoms. The molecule has 1 unspecified atom stereocenters. The van der Waals surface area contributed by atoms with Gasteiger partial charge in [0.05, 0.1) is 13.2 Å². The quantitative estimate of drug-likeness (QED) is 0.519. The molecule has 8 nitrogen and oxygen atoms in total. The summed E-state index contributed by atoms with van der Waals surface area (Å²) >= 11 is 0. The normalized spacial score (nSPS) is 21.5. The monoisotopic (exact) mass is 426 g/mol. The summed E-state index contributed by atoms with van der Waals surface area (Å²) in [5.74, 6) is 3.22. The maximum Gasteiger partial charge on any atom is 0.256 e. The van der Waals surface area contributed by atoms with Gasteiger partial charge in [-0.1, -0.05) is 12.1 Å². The molecular formula is C24H22N6O2. The third-order valence-electron chi connectivity index (χ3n) is 6.44. The molecule has 1 aliphatic heterocycles. The standard InChI is InChI=1S/C24H22N6O2/c1-13-6-7-26-18(10-13)28-24(31)15-4-2-14(3-5-15)20-21-22(25)27-8-9-30(21)23(29-20)19-16-11-32-12-17(16)19/h2-10,16-17,19H,11-12H2,1H3,(H2,25,27)(H,26,28,31)/t16-,17+,19?. The molecule has 3 atom stereocenters. The largest absolute Gasteiger partial charge is 0.382 e. The molecule has 4 heterocycles. The minimum atomic E-state index is -0.211. The highest BCUT2D eigenvalue weighted by atomic mass is 16.5. The van der Waals surface area contributed by atoms with E-state index in [2.05, 4.69) is 19.7 Å². The van der Waals surface area contributed by atoms with E-state index in [0.717, 1.165) is 41.4 Å². The maximum absolute atomic E-state index is 12.6. The van der Waals surface area contributed by atoms with Crippen LogP contribution in [-0.4, -0.2) is 38.5 Å². The Hall–Kier alpha value is -3.78. The number of nitrogens with zero attached hydrogens (tertiary/aromatic N) is 4. The fourth-order valence-electron chi connectivity index (χ4n) is 4.72. The number of ether oxygens (including phenoxy) is 1. The molecule has 1 amide bonds. The minimum Gasteiger partial charge on any atom is -0.382 e. The predicted octanol–water partition coefficient (Wildman–Crippen LogP) is 3.29. The first-order valence-electron chi connectivity index (χ1n) is 10.6. The molecule has 8 heteroatoms. The van der Waals surface area contributed by atoms with Crippen LogP contribution in [0.3, 0.4) is 0 Å². The average molecular weight is 426 g/mol. The number of nitrogens with two attached hydrogens (primary N) is 1. The van der Waals surface area contributed by atoms with E-state index in [1.54, 1.807) is 24.5 Å². The Morgan fingerprint density at radius 2 is 1.91 bits per heavy atom. The van der Waals surface area contributed by atoms with Crippen molar-refractivity contribution in [2.24, 2.45) is 11.8 Å². The van der Waals surface area contributed by atoms with Crippen molar-refractivity contribution in [1.29, 1.82) is 0 Å². The summed E-state index contributed by atoms with van der Waals surface area (Å²) in [7, 11) is 0. The number of carbonyl (C=O) groups excluding carboxylic acids is 1. The minimum absolute atomic E-state index is 0.211. The molecule has 3 N–H and O–H groups in total. The van der Waals surface area contributed by atoms with Gasteiger partial charge in [-0.15, -0.1) is 0 Å². The van der Waals surface area contributed by atoms with Crippen LogP contribution in [0.15, 0.2) is 55.0 Å². The second-order valence-corrected chi connectivity index (χ2v) is 8.49. The molecular weight excluding hydrogens is 404 g/mol. The van der Waals surface area contributed by atoms with E-state index >= 15 is 0 Å². The van der Waals surface area contributed by atoms with E-state index < -0.39 is 0 Å². The van der Waals surface area contributed by atoms with Gasteiger partial charge >= 0.3 is 0 Å². The number of pyridine rings is 1. The van der Waals surface area contributed by atoms with Crippen molar-refractivity contribution in [3.8, 4) is 11.3 Å². The number of aryl methyl sites for hydroxylation is 1. The SMILES string of the molecule is Cc1ccnc(NC(=O)c2ccc(-c3nc(C4[C@H]5COC[C@@H]45)n4ccnc(N)c34)cc2)c1. The molecule has 4 aromatic rings. The van der Waals surface area contributed by atoms with Crippen LogP contribution in [0, 0.1) is 18.8 Å². The number of amides is 1. The summed E-state index contributed by atoms with van der Waals surface area (Å²) in [5, 5.41) is 2.84. The third kappa shape index (κ3) is 3.03. The predicted molar refractivity (Wildman–Crippen MR) is 120 cm³/mol. The van der Waals surface area contributed by atoms with Crippen LogP contribution < -0.4 is 11.1 Å². The summed E-state index contributed by atoms with van der Waals surface area (Å²) in [6.45, 7) is 3.54. The van der Waals surface area contributed by atoms with Crippen LogP contribution in [0.25, 0.3) is 16.8 Å². The van der Waals surface area contributed by atoms with Crippen LogP contribution in [0.5, 0.6) is 0 Å². The topological polar surface area (TPSA) is 107 Å². The van der Waals surface area contributed by atoms with Crippen molar-refractivity contribution in [3.05, 3.63) is 71.9 Å². The van der Waals surface area contributed by atoms with Gasteiger partial charge in [0.25, 0.3) is 5.91 Å². The number of aromatic nitrogens is 4. The molecule has 2 aliphatic rings. The van der Waals surface area contributed by atoms with Gasteiger partial charge in [0.1, 0.15) is 28.7 Å². The number of carbonyl (C=O) groups is 1. The number of fused-ring (bicyclic) bond motifs is 2. The molecule has 1 aliphatic carbocycles. The van der Waals surface area contributed by atoms with E-state index in [1.807, 2.05) is 37.4 Å². The van der Waals surface area contributed by atoms with Crippen molar-refractivity contribution in [3.63, 3.8) is 0 Å². The number of rotatable bonds is 4. The van der Waals surface area contributed by atoms with E-state index in [1.165, 1.54) is 0 Å². The Bertz CT molecular complexity index is 1340. The Labute approximate surface area is 184 Å². The van der Waals surface area contributed by atoms with Gasteiger partial charge in [-0.05, 0) is 48.6 Å². The second kappa shape index (κ2) is 7.13. The summed E-state index contributed by atoms with van der Waals surface area (Å²) in [6, 6.07) is 11.1. The number of hydrogen-bond acceptors (Lipinski definition) is 6. The van der Waals surface area contributed by atoms with Gasteiger partial charge in [0.15, 0.2) is 0 Å². The van der Waals surface area contributed by atoms with Gasteiger partial charge in [-0.3, -0.25) is 9.20 Å². The van der Waals surface area contributed by atoms with Crippen molar-refractivity contribution in [1.82, 2.24) is 19.4 Å². The molecule has 0 radical (unpaired) electrons. The lowest BCUT2D eigenvalue weighted by Crippen LogP contribution is -2.12. The Balaban J connectivity index is 1.33. The first kappa shape index (κ1) is 18.9. The molecule has 1 aromatic carbocycles. The van der Waals surface area contributed by atoms with E-state index in [9.17, 15) is 4.79 Å². The number of benzene rings is 1. The van der Waals surface area contributed by atoms with E-state index in [4.69, 9.17) is 15.5 Å². The first-order valence-corrected chi connectivity index (χ1v) is 10.6. The molecule has 0 spiro atoms. The molecule has 1 saturated carbocycles. The molecule has 3 aromatic heterocycles. The zero-order valence-electron chi connectivity index (χ0n) is 17.5. The van der Waals surface area contributed by atoms with Crippen LogP contribution >= 0.6 is 0 Å². The van der Waals surface area contributed by atoms with Crippen molar-refractivity contribution < 1.29 is 9.53 Å². The second-order valence-electron chi connectivity index (χ2n) is 8.49. The zero-order valence-corrected chi connectivity index (χ0v) is 17.5. The highest BCUT2D eigenvalue weighted by Crippen LogP contribution is 2.57. The number of hydrogen-bond donors (Lipinski definition) is 2. The highest BCUT2D eigenvalue weighted by Gasteiger charge is 2.56. The molecule has 160 valence electrons. The Morgan fingerprint density at radius 3 is 2.66 bits per heavy atom. The average Bonchev–Trinajstić information content (AvgIpc) is 3.13. The fourth-order valence-corrected chi connectivity index (χ4v) is 4.72. The number of anilines is 2. The van der Waals surface area contributed by atoms with Gasteiger partial charge in [-0.2, -0.15) is 0 Å². The lowest BCUT2D eigenvalue weighted by Gasteiger charge is -2.06. The van der Waals surface area contributed by atoms with Crippen LogP contribution in [0.4, 0.5) is 11.6 Å². The van der Waals surface area contributed by atoms with Crippen LogP contribution in [0.2, 0.25) is 0 Å². The smallest absolute Gasteiger partial charge is 0.256 e. The third-order valence-corrected chi connectivity index (χ3v) is 6.44. The number of nitrogens with one attached hydrogen (secondary N) is 1. The van der Waals surface area contributed by atoms with Crippen molar-refractivity contribution in [2.45, 2.75) is 12.8 Å². The fraction of sp³-hybridized carbons (Fsp3) is 0.250. The van der Waals surface area contributed by atoms with E-state index in [0.29, 0.717) is 35.0 Å². The lowest BCUT2D eigenvalue weighted by molar-refractivity contribution is 0.102. The van der Waals surface area contributed by atoms with Crippen LogP contribution in [0.1, 0.15) is 27.7 Å². The van der Waals surface area contributed by atoms with Gasteiger partial charge in [-0.25, -0.2) is 15.0 Å². The molecule has 2 fully saturated rings. The first-order chi connectivity index (χ1) is 15.6. The van der Waals surface area contributed by atoms with Gasteiger partial charge in [0.2, 0.25) is 0 Å². The summed E-state index contributed by atoms with van der Waals surface area (Å²) in [4.78, 5) is 26.1. The van der Waals surface area contributed by atoms with Gasteiger partial charge in [0, 0.05) is 35.6 Å². The Kier molecular flexibility index (Phi) is 4.22. The van der Waals surface area contributed by atoms with Crippen molar-refractivity contribution in [2.75, 3.05) is 24.3 Å². The number of imidazole rings is 1. The van der Waals surface area contributed by atoms with Crippen LogP contribution in [-0.2, 0) is 4.74 Å². The lowest BCUT2D eigenvalue weighted by atomic mass is 10.1. The molecule has 0 bridgehead atoms.